The van der Waals surface area contributed by atoms with Crippen LogP contribution in [-0.2, 0) is 0 Å². The Morgan fingerprint density at radius 3 is 2.69 bits per heavy atom. The number of aliphatic hydroxyl groups is 2. The molecule has 0 radical (unpaired) electrons. The molecule has 0 amide bonds. The molecule has 2 nitrogen and oxygen atoms in total. The Hall–Kier alpha value is -0.860. The van der Waals surface area contributed by atoms with Crippen LogP contribution in [0.25, 0.3) is 0 Å². The van der Waals surface area contributed by atoms with E-state index < -0.39 is 5.60 Å². The fourth-order valence-corrected chi connectivity index (χ4v) is 6.67. The van der Waals surface area contributed by atoms with E-state index in [1.165, 1.54) is 49.7 Å². The lowest BCUT2D eigenvalue weighted by molar-refractivity contribution is 0.0596. The highest BCUT2D eigenvalue weighted by Crippen LogP contribution is 2.60. The van der Waals surface area contributed by atoms with Crippen molar-refractivity contribution < 1.29 is 10.2 Å². The predicted octanol–water partition coefficient (Wildman–Crippen LogP) is 6.73. The molecule has 2 N–H and O–H groups in total. The molecule has 3 saturated carbocycles. The first-order chi connectivity index (χ1) is 13.6. The highest BCUT2D eigenvalue weighted by Gasteiger charge is 2.50. The van der Waals surface area contributed by atoms with Crippen LogP contribution in [0.15, 0.2) is 35.5 Å². The third kappa shape index (κ3) is 5.44. The van der Waals surface area contributed by atoms with Gasteiger partial charge in [-0.05, 0) is 100 Å². The molecule has 2 heteroatoms. The number of hydrogen-bond donors (Lipinski definition) is 2. The van der Waals surface area contributed by atoms with Crippen molar-refractivity contribution in [1.29, 1.82) is 0 Å². The van der Waals surface area contributed by atoms with Crippen LogP contribution in [0.3, 0.4) is 0 Å². The Morgan fingerprint density at radius 1 is 1.21 bits per heavy atom. The summed E-state index contributed by atoms with van der Waals surface area (Å²) in [5.41, 5.74) is 4.02. The lowest BCUT2D eigenvalue weighted by Gasteiger charge is -2.44. The third-order valence-corrected chi connectivity index (χ3v) is 8.36. The minimum Gasteiger partial charge on any atom is -0.393 e. The van der Waals surface area contributed by atoms with Gasteiger partial charge in [0.15, 0.2) is 0 Å². The first-order valence-electron chi connectivity index (χ1n) is 12.1. The van der Waals surface area contributed by atoms with Crippen LogP contribution in [0.2, 0.25) is 0 Å². The van der Waals surface area contributed by atoms with E-state index in [-0.39, 0.29) is 6.10 Å². The van der Waals surface area contributed by atoms with Crippen molar-refractivity contribution in [2.24, 2.45) is 23.2 Å². The zero-order chi connectivity index (χ0) is 21.2. The van der Waals surface area contributed by atoms with E-state index in [1.807, 2.05) is 13.8 Å². The van der Waals surface area contributed by atoms with Crippen LogP contribution >= 0.6 is 0 Å². The second kappa shape index (κ2) is 9.10. The molecule has 0 saturated heterocycles. The van der Waals surface area contributed by atoms with E-state index in [2.05, 4.69) is 32.6 Å². The predicted molar refractivity (Wildman–Crippen MR) is 123 cm³/mol. The fraction of sp³-hybridized carbons (Fsp3) is 0.778. The zero-order valence-corrected chi connectivity index (χ0v) is 19.3. The van der Waals surface area contributed by atoms with Gasteiger partial charge in [0.1, 0.15) is 0 Å². The largest absolute Gasteiger partial charge is 0.393 e. The van der Waals surface area contributed by atoms with Crippen LogP contribution in [0, 0.1) is 23.2 Å². The molecule has 0 aliphatic heterocycles. The number of aliphatic hydroxyl groups excluding tert-OH is 1. The topological polar surface area (TPSA) is 40.5 Å². The van der Waals surface area contributed by atoms with Gasteiger partial charge >= 0.3 is 0 Å². The van der Waals surface area contributed by atoms with Gasteiger partial charge in [0, 0.05) is 0 Å². The SMILES string of the molecule is C=C1CC[C@H](O)CC1=CC=C1CCC[C@]2(C)[C@@H]1CC[C@@H]2[C@H](C)CCCC(C)(C)O. The van der Waals surface area contributed by atoms with Crippen molar-refractivity contribution in [1.82, 2.24) is 0 Å². The quantitative estimate of drug-likeness (QED) is 0.518. The molecule has 0 aromatic heterocycles. The Labute approximate surface area is 179 Å². The van der Waals surface area contributed by atoms with E-state index in [0.29, 0.717) is 5.41 Å². The van der Waals surface area contributed by atoms with Gasteiger partial charge in [-0.1, -0.05) is 56.6 Å². The summed E-state index contributed by atoms with van der Waals surface area (Å²) in [6.07, 6.45) is 16.9. The van der Waals surface area contributed by atoms with Gasteiger partial charge in [0.05, 0.1) is 11.7 Å². The number of fused-ring (bicyclic) bond motifs is 1. The van der Waals surface area contributed by atoms with Crippen LogP contribution in [-0.4, -0.2) is 21.9 Å². The molecule has 0 bridgehead atoms. The Bertz CT molecular complexity index is 650. The minimum atomic E-state index is -0.535. The molecule has 0 aromatic rings. The zero-order valence-electron chi connectivity index (χ0n) is 19.3. The molecule has 5 atom stereocenters. The van der Waals surface area contributed by atoms with Gasteiger partial charge in [-0.15, -0.1) is 0 Å². The average molecular weight is 401 g/mol. The van der Waals surface area contributed by atoms with Crippen molar-refractivity contribution in [3.8, 4) is 0 Å². The van der Waals surface area contributed by atoms with Crippen molar-refractivity contribution in [2.45, 2.75) is 110 Å². The summed E-state index contributed by atoms with van der Waals surface area (Å²) in [5, 5.41) is 20.1. The lowest BCUT2D eigenvalue weighted by atomic mass is 9.60. The number of hydrogen-bond acceptors (Lipinski definition) is 2. The van der Waals surface area contributed by atoms with Gasteiger partial charge in [0.25, 0.3) is 0 Å². The van der Waals surface area contributed by atoms with Gasteiger partial charge in [-0.2, -0.15) is 0 Å². The highest BCUT2D eigenvalue weighted by molar-refractivity contribution is 5.36. The van der Waals surface area contributed by atoms with Crippen molar-refractivity contribution in [3.63, 3.8) is 0 Å². The van der Waals surface area contributed by atoms with Crippen molar-refractivity contribution in [3.05, 3.63) is 35.5 Å². The van der Waals surface area contributed by atoms with Gasteiger partial charge in [-0.3, -0.25) is 0 Å². The summed E-state index contributed by atoms with van der Waals surface area (Å²) in [6, 6.07) is 0. The van der Waals surface area contributed by atoms with Crippen molar-refractivity contribution in [2.75, 3.05) is 0 Å². The second-order valence-corrected chi connectivity index (χ2v) is 11.2. The Kier molecular flexibility index (Phi) is 7.16. The summed E-state index contributed by atoms with van der Waals surface area (Å²) < 4.78 is 0. The first-order valence-corrected chi connectivity index (χ1v) is 12.1. The first kappa shape index (κ1) is 22.8. The number of allylic oxidation sites excluding steroid dienone is 4. The molecule has 0 heterocycles. The summed E-state index contributed by atoms with van der Waals surface area (Å²) in [6.45, 7) is 13.1. The molecule has 0 aromatic carbocycles. The molecule has 29 heavy (non-hydrogen) atoms. The molecular weight excluding hydrogens is 356 g/mol. The van der Waals surface area contributed by atoms with Crippen LogP contribution < -0.4 is 0 Å². The summed E-state index contributed by atoms with van der Waals surface area (Å²) in [4.78, 5) is 0. The standard InChI is InChI=1S/C27H44O2/c1-19-10-13-23(28)18-22(19)12-11-21-9-7-17-27(5)24(14-15-25(21)27)20(2)8-6-16-26(3,4)29/h11-12,20,23-25,28-29H,1,6-10,13-18H2,2-5H3/t20-,23+,24-,25-,27+/m1/s1. The van der Waals surface area contributed by atoms with Crippen LogP contribution in [0.1, 0.15) is 98.3 Å². The second-order valence-electron chi connectivity index (χ2n) is 11.2. The fourth-order valence-electron chi connectivity index (χ4n) is 6.67. The summed E-state index contributed by atoms with van der Waals surface area (Å²) >= 11 is 0. The average Bonchev–Trinajstić information content (AvgIpc) is 2.99. The van der Waals surface area contributed by atoms with E-state index in [9.17, 15) is 10.2 Å². The van der Waals surface area contributed by atoms with Crippen LogP contribution in [0.5, 0.6) is 0 Å². The smallest absolute Gasteiger partial charge is 0.0591 e. The Morgan fingerprint density at radius 2 is 1.97 bits per heavy atom. The van der Waals surface area contributed by atoms with Crippen LogP contribution in [0.4, 0.5) is 0 Å². The summed E-state index contributed by atoms with van der Waals surface area (Å²) in [5.74, 6) is 2.26. The maximum atomic E-state index is 10.0. The molecule has 3 aliphatic rings. The minimum absolute atomic E-state index is 0.192. The monoisotopic (exact) mass is 400 g/mol. The Balaban J connectivity index is 1.68. The van der Waals surface area contributed by atoms with E-state index in [0.717, 1.165) is 49.9 Å². The van der Waals surface area contributed by atoms with E-state index in [1.54, 1.807) is 5.57 Å². The van der Waals surface area contributed by atoms with E-state index in [4.69, 9.17) is 0 Å². The molecule has 3 fully saturated rings. The molecular formula is C27H44O2. The molecule has 3 rings (SSSR count). The molecule has 164 valence electrons. The molecule has 0 spiro atoms. The van der Waals surface area contributed by atoms with Gasteiger partial charge in [-0.25, -0.2) is 0 Å². The molecule has 3 aliphatic carbocycles. The normalized spacial score (nSPS) is 37.2. The summed E-state index contributed by atoms with van der Waals surface area (Å²) in [7, 11) is 0. The number of rotatable bonds is 6. The lowest BCUT2D eigenvalue weighted by Crippen LogP contribution is -2.36. The third-order valence-electron chi connectivity index (χ3n) is 8.36. The highest BCUT2D eigenvalue weighted by atomic mass is 16.3. The van der Waals surface area contributed by atoms with Crippen molar-refractivity contribution >= 4 is 0 Å². The maximum Gasteiger partial charge on any atom is 0.0591 e. The molecule has 0 unspecified atom stereocenters. The maximum absolute atomic E-state index is 10.0. The van der Waals surface area contributed by atoms with E-state index >= 15 is 0 Å². The van der Waals surface area contributed by atoms with Gasteiger partial charge < -0.3 is 10.2 Å². The van der Waals surface area contributed by atoms with Gasteiger partial charge in [0.2, 0.25) is 0 Å².